The molecule has 0 spiro atoms. The Morgan fingerprint density at radius 1 is 1.34 bits per heavy atom. The Bertz CT molecular complexity index is 754. The number of carbonyl (C=O) groups is 4. The molecule has 0 aliphatic carbocycles. The van der Waals surface area contributed by atoms with Gasteiger partial charge in [0.2, 0.25) is 11.4 Å². The number of fused-ring (bicyclic) bond motifs is 2. The summed E-state index contributed by atoms with van der Waals surface area (Å²) in [5.74, 6) is -2.95. The van der Waals surface area contributed by atoms with Gasteiger partial charge >= 0.3 is 17.9 Å². The number of ketones is 1. The monoisotopic (exact) mass is 407 g/mol. The van der Waals surface area contributed by atoms with Crippen molar-refractivity contribution in [3.63, 3.8) is 0 Å². The zero-order valence-electron chi connectivity index (χ0n) is 17.6. The van der Waals surface area contributed by atoms with Crippen LogP contribution < -0.4 is 0 Å². The molecule has 1 fully saturated rings. The number of likely N-dealkylation sites (N-methyl/N-ethyl adjacent to an activating group) is 1. The number of cyclic esters (lactones) is 1. The van der Waals surface area contributed by atoms with Crippen LogP contribution in [0.3, 0.4) is 0 Å². The van der Waals surface area contributed by atoms with Crippen molar-refractivity contribution in [2.75, 3.05) is 26.7 Å². The number of ether oxygens (including phenoxy) is 3. The Balaban J connectivity index is 2.48. The fraction of sp³-hybridized carbons (Fsp3) is 0.619. The minimum Gasteiger partial charge on any atom is -0.458 e. The zero-order chi connectivity index (χ0) is 21.8. The maximum absolute atomic E-state index is 12.9. The number of carbonyl (C=O) groups excluding carboxylic acids is 4. The van der Waals surface area contributed by atoms with E-state index in [1.54, 1.807) is 26.0 Å². The highest BCUT2D eigenvalue weighted by atomic mass is 16.6. The lowest BCUT2D eigenvalue weighted by Crippen LogP contribution is -2.48. The van der Waals surface area contributed by atoms with Gasteiger partial charge in [-0.1, -0.05) is 19.1 Å². The Kier molecular flexibility index (Phi) is 7.35. The van der Waals surface area contributed by atoms with Crippen molar-refractivity contribution in [3.8, 4) is 0 Å². The summed E-state index contributed by atoms with van der Waals surface area (Å²) in [5.41, 5.74) is -1.05. The molecule has 0 aromatic heterocycles. The Morgan fingerprint density at radius 2 is 2.03 bits per heavy atom. The second kappa shape index (κ2) is 9.35. The average Bonchev–Trinajstić information content (AvgIpc) is 2.65. The van der Waals surface area contributed by atoms with Crippen molar-refractivity contribution in [2.24, 2.45) is 5.92 Å². The van der Waals surface area contributed by atoms with E-state index in [2.05, 4.69) is 0 Å². The highest BCUT2D eigenvalue weighted by Crippen LogP contribution is 2.31. The molecule has 2 aliphatic rings. The van der Waals surface area contributed by atoms with Gasteiger partial charge in [0, 0.05) is 43.5 Å². The van der Waals surface area contributed by atoms with E-state index in [0.29, 0.717) is 25.1 Å². The molecule has 2 rings (SSSR count). The van der Waals surface area contributed by atoms with E-state index in [1.165, 1.54) is 13.8 Å². The molecule has 0 saturated carbocycles. The average molecular weight is 407 g/mol. The van der Waals surface area contributed by atoms with Crippen LogP contribution in [-0.4, -0.2) is 67.0 Å². The molecule has 0 radical (unpaired) electrons. The SMILES string of the molecule is C/C=C1/C[C@H](C)[C@](C)(OC(C)=O)C(=O)OC/C2=C/CN(C)CC[C@@H](OC1=O)C2=O. The fourth-order valence-corrected chi connectivity index (χ4v) is 3.35. The third kappa shape index (κ3) is 5.32. The minimum absolute atomic E-state index is 0.123. The number of hydrogen-bond acceptors (Lipinski definition) is 8. The van der Waals surface area contributed by atoms with Gasteiger partial charge in [-0.15, -0.1) is 0 Å². The first-order valence-electron chi connectivity index (χ1n) is 9.73. The number of allylic oxidation sites excluding steroid dienone is 1. The van der Waals surface area contributed by atoms with Gasteiger partial charge in [0.05, 0.1) is 0 Å². The normalized spacial score (nSPS) is 33.2. The van der Waals surface area contributed by atoms with E-state index < -0.39 is 35.5 Å². The second-order valence-corrected chi connectivity index (χ2v) is 7.73. The molecular formula is C21H29NO7. The summed E-state index contributed by atoms with van der Waals surface area (Å²) in [7, 11) is 1.88. The summed E-state index contributed by atoms with van der Waals surface area (Å²) in [6.45, 7) is 6.83. The molecule has 0 amide bonds. The molecule has 0 N–H and O–H groups in total. The van der Waals surface area contributed by atoms with E-state index in [0.717, 1.165) is 0 Å². The highest BCUT2D eigenvalue weighted by Gasteiger charge is 2.45. The number of rotatable bonds is 1. The first kappa shape index (κ1) is 22.8. The maximum atomic E-state index is 12.9. The Hall–Kier alpha value is -2.48. The summed E-state index contributed by atoms with van der Waals surface area (Å²) in [6.07, 6.45) is 2.78. The van der Waals surface area contributed by atoms with Crippen LogP contribution in [0, 0.1) is 5.92 Å². The maximum Gasteiger partial charge on any atom is 0.350 e. The minimum atomic E-state index is -1.61. The van der Waals surface area contributed by atoms with Gasteiger partial charge in [-0.25, -0.2) is 9.59 Å². The largest absolute Gasteiger partial charge is 0.458 e. The van der Waals surface area contributed by atoms with Crippen molar-refractivity contribution in [1.29, 1.82) is 0 Å². The smallest absolute Gasteiger partial charge is 0.350 e. The van der Waals surface area contributed by atoms with Crippen LogP contribution >= 0.6 is 0 Å². The van der Waals surface area contributed by atoms with Gasteiger partial charge in [0.1, 0.15) is 6.61 Å². The third-order valence-electron chi connectivity index (χ3n) is 5.48. The first-order chi connectivity index (χ1) is 13.6. The van der Waals surface area contributed by atoms with E-state index >= 15 is 0 Å². The van der Waals surface area contributed by atoms with Gasteiger partial charge in [-0.05, 0) is 27.3 Å². The van der Waals surface area contributed by atoms with Gasteiger partial charge in [0.15, 0.2) is 6.10 Å². The molecule has 8 nitrogen and oxygen atoms in total. The van der Waals surface area contributed by atoms with Crippen LogP contribution in [0.2, 0.25) is 0 Å². The molecule has 1 saturated heterocycles. The van der Waals surface area contributed by atoms with Gasteiger partial charge in [0.25, 0.3) is 0 Å². The van der Waals surface area contributed by atoms with Crippen molar-refractivity contribution >= 4 is 23.7 Å². The molecule has 29 heavy (non-hydrogen) atoms. The highest BCUT2D eigenvalue weighted by molar-refractivity contribution is 6.01. The number of Topliss-reactive ketones (excluding diaryl/α,β-unsaturated/α-hetero) is 1. The predicted molar refractivity (Wildman–Crippen MR) is 104 cm³/mol. The Labute approximate surface area is 170 Å². The zero-order valence-corrected chi connectivity index (χ0v) is 17.6. The van der Waals surface area contributed by atoms with Crippen molar-refractivity contribution < 1.29 is 33.4 Å². The lowest BCUT2D eigenvalue weighted by atomic mass is 9.84. The van der Waals surface area contributed by atoms with E-state index in [9.17, 15) is 19.2 Å². The van der Waals surface area contributed by atoms with Crippen molar-refractivity contribution in [3.05, 3.63) is 23.3 Å². The van der Waals surface area contributed by atoms with Crippen LogP contribution in [-0.2, 0) is 33.4 Å². The summed E-state index contributed by atoms with van der Waals surface area (Å²) in [5, 5.41) is 0. The Morgan fingerprint density at radius 3 is 2.66 bits per heavy atom. The molecule has 2 aliphatic heterocycles. The van der Waals surface area contributed by atoms with Gasteiger partial charge in [-0.2, -0.15) is 0 Å². The lowest BCUT2D eigenvalue weighted by Gasteiger charge is -2.34. The molecule has 0 aromatic carbocycles. The molecular weight excluding hydrogens is 378 g/mol. The molecule has 160 valence electrons. The van der Waals surface area contributed by atoms with Crippen LogP contribution in [0.15, 0.2) is 23.3 Å². The molecule has 8 heteroatoms. The van der Waals surface area contributed by atoms with Crippen LogP contribution in [0.1, 0.15) is 40.5 Å². The first-order valence-corrected chi connectivity index (χ1v) is 9.73. The van der Waals surface area contributed by atoms with Crippen LogP contribution in [0.4, 0.5) is 0 Å². The summed E-state index contributed by atoms with van der Waals surface area (Å²) >= 11 is 0. The van der Waals surface area contributed by atoms with Crippen LogP contribution in [0.25, 0.3) is 0 Å². The second-order valence-electron chi connectivity index (χ2n) is 7.73. The van der Waals surface area contributed by atoms with E-state index in [4.69, 9.17) is 14.2 Å². The topological polar surface area (TPSA) is 99.2 Å². The predicted octanol–water partition coefficient (Wildman–Crippen LogP) is 1.58. The van der Waals surface area contributed by atoms with E-state index in [-0.39, 0.29) is 24.4 Å². The fourth-order valence-electron chi connectivity index (χ4n) is 3.35. The van der Waals surface area contributed by atoms with Gasteiger partial charge < -0.3 is 19.1 Å². The van der Waals surface area contributed by atoms with Gasteiger partial charge in [-0.3, -0.25) is 9.59 Å². The summed E-state index contributed by atoms with van der Waals surface area (Å²) < 4.78 is 16.3. The van der Waals surface area contributed by atoms with Crippen LogP contribution in [0.5, 0.6) is 0 Å². The van der Waals surface area contributed by atoms with Crippen molar-refractivity contribution in [1.82, 2.24) is 4.90 Å². The number of nitrogens with zero attached hydrogens (tertiary/aromatic N) is 1. The number of esters is 3. The quantitative estimate of drug-likeness (QED) is 0.367. The summed E-state index contributed by atoms with van der Waals surface area (Å²) in [4.78, 5) is 52.1. The molecule has 2 bridgehead atoms. The summed E-state index contributed by atoms with van der Waals surface area (Å²) in [6, 6.07) is 0. The molecule has 0 unspecified atom stereocenters. The molecule has 0 aromatic rings. The molecule has 3 atom stereocenters. The molecule has 2 heterocycles. The van der Waals surface area contributed by atoms with E-state index in [1.807, 2.05) is 11.9 Å². The van der Waals surface area contributed by atoms with Crippen molar-refractivity contribution in [2.45, 2.75) is 52.2 Å². The third-order valence-corrected chi connectivity index (χ3v) is 5.48. The number of hydrogen-bond donors (Lipinski definition) is 0. The standard InChI is InChI=1S/C21H29NO7/c1-6-15-11-13(2)21(4,29-14(3)23)20(26)27-12-16-7-9-22(5)10-8-17(18(16)24)28-19(15)25/h6-7,13,17H,8-12H2,1-5H3/b15-6-,16-7-/t13-,17+,21-/m0/s1. The lowest BCUT2D eigenvalue weighted by molar-refractivity contribution is -0.185.